The van der Waals surface area contributed by atoms with Crippen molar-refractivity contribution in [3.05, 3.63) is 35.4 Å². The zero-order valence-electron chi connectivity index (χ0n) is 11.8. The summed E-state index contributed by atoms with van der Waals surface area (Å²) in [5, 5.41) is 11.7. The van der Waals surface area contributed by atoms with Crippen LogP contribution >= 0.6 is 0 Å². The highest BCUT2D eigenvalue weighted by Gasteiger charge is 2.12. The molecule has 3 N–H and O–H groups in total. The second-order valence-corrected chi connectivity index (χ2v) is 4.55. The van der Waals surface area contributed by atoms with Gasteiger partial charge in [0.15, 0.2) is 5.84 Å². The molecule has 5 heteroatoms. The minimum atomic E-state index is 0.134. The second-order valence-electron chi connectivity index (χ2n) is 4.55. The van der Waals surface area contributed by atoms with Crippen molar-refractivity contribution in [3.8, 4) is 0 Å². The van der Waals surface area contributed by atoms with E-state index in [2.05, 4.69) is 23.9 Å². The highest BCUT2D eigenvalue weighted by Crippen LogP contribution is 2.11. The first-order chi connectivity index (χ1) is 9.12. The fraction of sp³-hybridized carbons (Fsp3) is 0.500. The van der Waals surface area contributed by atoms with Gasteiger partial charge in [0.25, 0.3) is 0 Å². The molecule has 1 rings (SSSR count). The molecule has 0 spiro atoms. The minimum absolute atomic E-state index is 0.134. The molecule has 0 radical (unpaired) electrons. The Morgan fingerprint density at radius 1 is 1.53 bits per heavy atom. The van der Waals surface area contributed by atoms with Crippen LogP contribution in [-0.2, 0) is 11.3 Å². The van der Waals surface area contributed by atoms with Gasteiger partial charge in [-0.25, -0.2) is 0 Å². The van der Waals surface area contributed by atoms with Crippen LogP contribution in [0.25, 0.3) is 0 Å². The van der Waals surface area contributed by atoms with E-state index in [4.69, 9.17) is 15.7 Å². The largest absolute Gasteiger partial charge is 0.409 e. The first-order valence-corrected chi connectivity index (χ1v) is 6.42. The number of rotatable bonds is 7. The molecule has 0 aliphatic heterocycles. The third-order valence-electron chi connectivity index (χ3n) is 3.15. The molecule has 0 heterocycles. The van der Waals surface area contributed by atoms with Crippen LogP contribution in [0.5, 0.6) is 0 Å². The van der Waals surface area contributed by atoms with E-state index in [0.717, 1.165) is 24.2 Å². The summed E-state index contributed by atoms with van der Waals surface area (Å²) < 4.78 is 5.19. The lowest BCUT2D eigenvalue weighted by atomic mass is 10.1. The van der Waals surface area contributed by atoms with E-state index >= 15 is 0 Å². The van der Waals surface area contributed by atoms with Gasteiger partial charge in [0.05, 0.1) is 6.61 Å². The molecule has 1 atom stereocenters. The zero-order chi connectivity index (χ0) is 14.3. The SMILES string of the molecule is CCN(Cc1cccc(C(N)=NO)c1)C(C)COC. The summed E-state index contributed by atoms with van der Waals surface area (Å²) in [7, 11) is 1.71. The Bertz CT molecular complexity index is 421. The summed E-state index contributed by atoms with van der Waals surface area (Å²) in [6.07, 6.45) is 0. The van der Waals surface area contributed by atoms with Crippen LogP contribution < -0.4 is 5.73 Å². The Labute approximate surface area is 114 Å². The van der Waals surface area contributed by atoms with Crippen LogP contribution in [0.3, 0.4) is 0 Å². The fourth-order valence-corrected chi connectivity index (χ4v) is 2.05. The van der Waals surface area contributed by atoms with Crippen molar-refractivity contribution in [2.75, 3.05) is 20.3 Å². The average molecular weight is 265 g/mol. The summed E-state index contributed by atoms with van der Waals surface area (Å²) in [5.41, 5.74) is 7.47. The summed E-state index contributed by atoms with van der Waals surface area (Å²) in [4.78, 5) is 2.31. The predicted molar refractivity (Wildman–Crippen MR) is 76.4 cm³/mol. The van der Waals surface area contributed by atoms with Crippen LogP contribution in [-0.4, -0.2) is 42.2 Å². The van der Waals surface area contributed by atoms with Crippen LogP contribution in [0.2, 0.25) is 0 Å². The highest BCUT2D eigenvalue weighted by atomic mass is 16.5. The summed E-state index contributed by atoms with van der Waals surface area (Å²) in [5.74, 6) is 0.134. The number of ether oxygens (including phenoxy) is 1. The van der Waals surface area contributed by atoms with Gasteiger partial charge in [-0.3, -0.25) is 4.90 Å². The molecule has 106 valence electrons. The third-order valence-corrected chi connectivity index (χ3v) is 3.15. The van der Waals surface area contributed by atoms with Crippen molar-refractivity contribution in [3.63, 3.8) is 0 Å². The van der Waals surface area contributed by atoms with Crippen molar-refractivity contribution in [2.24, 2.45) is 10.9 Å². The van der Waals surface area contributed by atoms with Gasteiger partial charge in [0, 0.05) is 25.3 Å². The van der Waals surface area contributed by atoms with Crippen LogP contribution in [0.1, 0.15) is 25.0 Å². The zero-order valence-corrected chi connectivity index (χ0v) is 11.8. The molecular weight excluding hydrogens is 242 g/mol. The van der Waals surface area contributed by atoms with Gasteiger partial charge in [-0.1, -0.05) is 30.3 Å². The molecule has 0 saturated heterocycles. The smallest absolute Gasteiger partial charge is 0.170 e. The molecular formula is C14H23N3O2. The van der Waals surface area contributed by atoms with Gasteiger partial charge in [0.2, 0.25) is 0 Å². The van der Waals surface area contributed by atoms with Crippen molar-refractivity contribution >= 4 is 5.84 Å². The standard InChI is InChI=1S/C14H23N3O2/c1-4-17(11(2)10-19-3)9-12-6-5-7-13(8-12)14(15)16-18/h5-8,11,18H,4,9-10H2,1-3H3,(H2,15,16). The van der Waals surface area contributed by atoms with Crippen LogP contribution in [0.4, 0.5) is 0 Å². The van der Waals surface area contributed by atoms with E-state index in [-0.39, 0.29) is 5.84 Å². The molecule has 1 aromatic rings. The number of methoxy groups -OCH3 is 1. The lowest BCUT2D eigenvalue weighted by molar-refractivity contribution is 0.0982. The van der Waals surface area contributed by atoms with E-state index in [1.54, 1.807) is 7.11 Å². The monoisotopic (exact) mass is 265 g/mol. The van der Waals surface area contributed by atoms with Gasteiger partial charge < -0.3 is 15.7 Å². The van der Waals surface area contributed by atoms with Crippen molar-refractivity contribution < 1.29 is 9.94 Å². The molecule has 0 aliphatic rings. The number of nitrogens with zero attached hydrogens (tertiary/aromatic N) is 2. The maximum absolute atomic E-state index is 8.70. The quantitative estimate of drug-likeness (QED) is 0.340. The lowest BCUT2D eigenvalue weighted by Gasteiger charge is -2.27. The van der Waals surface area contributed by atoms with Gasteiger partial charge in [-0.2, -0.15) is 0 Å². The van der Waals surface area contributed by atoms with E-state index in [1.807, 2.05) is 24.3 Å². The Morgan fingerprint density at radius 2 is 2.26 bits per heavy atom. The van der Waals surface area contributed by atoms with Crippen LogP contribution in [0.15, 0.2) is 29.4 Å². The number of likely N-dealkylation sites (N-methyl/N-ethyl adjacent to an activating group) is 1. The van der Waals surface area contributed by atoms with E-state index in [9.17, 15) is 0 Å². The normalized spacial score (nSPS) is 13.8. The molecule has 0 bridgehead atoms. The van der Waals surface area contributed by atoms with Gasteiger partial charge in [0.1, 0.15) is 0 Å². The average Bonchev–Trinajstić information content (AvgIpc) is 2.44. The molecule has 0 saturated carbocycles. The van der Waals surface area contributed by atoms with E-state index in [0.29, 0.717) is 12.6 Å². The van der Waals surface area contributed by atoms with E-state index in [1.165, 1.54) is 0 Å². The van der Waals surface area contributed by atoms with Gasteiger partial charge in [-0.15, -0.1) is 0 Å². The molecule has 19 heavy (non-hydrogen) atoms. The molecule has 1 unspecified atom stereocenters. The van der Waals surface area contributed by atoms with Gasteiger partial charge in [-0.05, 0) is 25.1 Å². The topological polar surface area (TPSA) is 71.1 Å². The highest BCUT2D eigenvalue weighted by molar-refractivity contribution is 5.97. The van der Waals surface area contributed by atoms with Crippen molar-refractivity contribution in [1.29, 1.82) is 0 Å². The van der Waals surface area contributed by atoms with Crippen molar-refractivity contribution in [2.45, 2.75) is 26.4 Å². The van der Waals surface area contributed by atoms with Crippen LogP contribution in [0, 0.1) is 0 Å². The maximum Gasteiger partial charge on any atom is 0.170 e. The number of hydrogen-bond acceptors (Lipinski definition) is 4. The molecule has 0 fully saturated rings. The summed E-state index contributed by atoms with van der Waals surface area (Å²) >= 11 is 0. The Kier molecular flexibility index (Phi) is 6.32. The fourth-order valence-electron chi connectivity index (χ4n) is 2.05. The lowest BCUT2D eigenvalue weighted by Crippen LogP contribution is -2.35. The number of nitrogens with two attached hydrogens (primary N) is 1. The molecule has 0 aromatic heterocycles. The summed E-state index contributed by atoms with van der Waals surface area (Å²) in [6, 6.07) is 8.07. The third kappa shape index (κ3) is 4.54. The molecule has 0 aliphatic carbocycles. The van der Waals surface area contributed by atoms with Gasteiger partial charge >= 0.3 is 0 Å². The number of hydrogen-bond donors (Lipinski definition) is 2. The Morgan fingerprint density at radius 3 is 2.84 bits per heavy atom. The summed E-state index contributed by atoms with van der Waals surface area (Å²) in [6.45, 7) is 6.72. The van der Waals surface area contributed by atoms with E-state index < -0.39 is 0 Å². The first-order valence-electron chi connectivity index (χ1n) is 6.42. The first kappa shape index (κ1) is 15.5. The minimum Gasteiger partial charge on any atom is -0.409 e. The molecule has 0 amide bonds. The molecule has 1 aromatic carbocycles. The predicted octanol–water partition coefficient (Wildman–Crippen LogP) is 1.64. The maximum atomic E-state index is 8.70. The molecule has 5 nitrogen and oxygen atoms in total. The number of oxime groups is 1. The number of benzene rings is 1. The Balaban J connectivity index is 2.80. The number of amidine groups is 1. The second kappa shape index (κ2) is 7.76. The van der Waals surface area contributed by atoms with Crippen molar-refractivity contribution in [1.82, 2.24) is 4.90 Å². The Hall–Kier alpha value is -1.59.